The van der Waals surface area contributed by atoms with Crippen molar-refractivity contribution < 1.29 is 14.6 Å². The monoisotopic (exact) mass is 293 g/mol. The highest BCUT2D eigenvalue weighted by atomic mass is 32.1. The maximum absolute atomic E-state index is 10.2. The minimum atomic E-state index is -0.601. The first-order valence-corrected chi connectivity index (χ1v) is 7.21. The van der Waals surface area contributed by atoms with Crippen molar-refractivity contribution in [2.24, 2.45) is 0 Å². The van der Waals surface area contributed by atoms with Crippen LogP contribution in [0.1, 0.15) is 17.2 Å². The highest BCUT2D eigenvalue weighted by molar-refractivity contribution is 7.14. The molecule has 2 N–H and O–H groups in total. The first kappa shape index (κ1) is 14.7. The Morgan fingerprint density at radius 3 is 2.55 bits per heavy atom. The van der Waals surface area contributed by atoms with Crippen LogP contribution in [0.2, 0.25) is 0 Å². The number of thiophene rings is 1. The van der Waals surface area contributed by atoms with Crippen LogP contribution in [-0.2, 0) is 0 Å². The molecule has 20 heavy (non-hydrogen) atoms. The second kappa shape index (κ2) is 6.63. The average molecular weight is 293 g/mol. The van der Waals surface area contributed by atoms with Gasteiger partial charge in [-0.2, -0.15) is 0 Å². The molecule has 5 heteroatoms. The van der Waals surface area contributed by atoms with E-state index in [0.717, 1.165) is 10.6 Å². The Hall–Kier alpha value is -1.72. The van der Waals surface area contributed by atoms with Gasteiger partial charge in [0.25, 0.3) is 0 Å². The van der Waals surface area contributed by atoms with Crippen molar-refractivity contribution in [3.05, 3.63) is 40.8 Å². The lowest BCUT2D eigenvalue weighted by Crippen LogP contribution is -2.12. The van der Waals surface area contributed by atoms with Gasteiger partial charge in [0, 0.05) is 6.54 Å². The van der Waals surface area contributed by atoms with Gasteiger partial charge in [-0.3, -0.25) is 0 Å². The molecular formula is C15H19NO3S. The maximum Gasteiger partial charge on any atom is 0.161 e. The van der Waals surface area contributed by atoms with Gasteiger partial charge in [0.1, 0.15) is 0 Å². The summed E-state index contributed by atoms with van der Waals surface area (Å²) in [6, 6.07) is 7.49. The number of rotatable bonds is 6. The summed E-state index contributed by atoms with van der Waals surface area (Å²) in [5.41, 5.74) is 1.99. The lowest BCUT2D eigenvalue weighted by atomic mass is 10.1. The van der Waals surface area contributed by atoms with Crippen molar-refractivity contribution >= 4 is 16.3 Å². The van der Waals surface area contributed by atoms with E-state index in [4.69, 9.17) is 9.47 Å². The van der Waals surface area contributed by atoms with Crippen molar-refractivity contribution in [2.45, 2.75) is 13.0 Å². The third-order valence-electron chi connectivity index (χ3n) is 3.11. The molecule has 1 aromatic carbocycles. The van der Waals surface area contributed by atoms with Gasteiger partial charge in [-0.05, 0) is 41.6 Å². The molecule has 2 aromatic rings. The molecule has 4 nitrogen and oxygen atoms in total. The molecule has 2 rings (SSSR count). The second-order valence-electron chi connectivity index (χ2n) is 4.44. The van der Waals surface area contributed by atoms with Gasteiger partial charge < -0.3 is 19.9 Å². The largest absolute Gasteiger partial charge is 0.493 e. The molecule has 1 atom stereocenters. The first-order valence-electron chi connectivity index (χ1n) is 6.33. The van der Waals surface area contributed by atoms with E-state index in [-0.39, 0.29) is 0 Å². The van der Waals surface area contributed by atoms with Crippen LogP contribution in [0, 0.1) is 6.92 Å². The van der Waals surface area contributed by atoms with Crippen molar-refractivity contribution in [3.8, 4) is 11.5 Å². The number of anilines is 1. The van der Waals surface area contributed by atoms with E-state index < -0.39 is 6.10 Å². The SMILES string of the molecule is COc1ccc(C(O)CNc2sccc2C)cc1OC. The molecule has 0 amide bonds. The molecule has 0 aliphatic heterocycles. The van der Waals surface area contributed by atoms with Crippen LogP contribution in [0.4, 0.5) is 5.00 Å². The fourth-order valence-corrected chi connectivity index (χ4v) is 2.75. The van der Waals surface area contributed by atoms with Crippen molar-refractivity contribution in [1.82, 2.24) is 0 Å². The van der Waals surface area contributed by atoms with Crippen LogP contribution in [0.5, 0.6) is 11.5 Å². The molecule has 0 fully saturated rings. The van der Waals surface area contributed by atoms with Crippen LogP contribution in [0.25, 0.3) is 0 Å². The van der Waals surface area contributed by atoms with E-state index >= 15 is 0 Å². The number of benzene rings is 1. The van der Waals surface area contributed by atoms with Crippen LogP contribution >= 0.6 is 11.3 Å². The van der Waals surface area contributed by atoms with E-state index in [0.29, 0.717) is 18.0 Å². The quantitative estimate of drug-likeness (QED) is 0.858. The zero-order valence-corrected chi connectivity index (χ0v) is 12.7. The summed E-state index contributed by atoms with van der Waals surface area (Å²) in [6.07, 6.45) is -0.601. The smallest absolute Gasteiger partial charge is 0.161 e. The maximum atomic E-state index is 10.2. The minimum absolute atomic E-state index is 0.455. The van der Waals surface area contributed by atoms with Gasteiger partial charge in [0.2, 0.25) is 0 Å². The van der Waals surface area contributed by atoms with Gasteiger partial charge >= 0.3 is 0 Å². The summed E-state index contributed by atoms with van der Waals surface area (Å²) < 4.78 is 10.4. The zero-order valence-electron chi connectivity index (χ0n) is 11.8. The lowest BCUT2D eigenvalue weighted by molar-refractivity contribution is 0.191. The molecule has 1 heterocycles. The average Bonchev–Trinajstić information content (AvgIpc) is 2.89. The number of aryl methyl sites for hydroxylation is 1. The van der Waals surface area contributed by atoms with Crippen molar-refractivity contribution in [1.29, 1.82) is 0 Å². The molecule has 1 aromatic heterocycles. The van der Waals surface area contributed by atoms with Gasteiger partial charge in [-0.25, -0.2) is 0 Å². The van der Waals surface area contributed by atoms with Gasteiger partial charge in [0.15, 0.2) is 11.5 Å². The van der Waals surface area contributed by atoms with E-state index in [9.17, 15) is 5.11 Å². The Morgan fingerprint density at radius 2 is 1.95 bits per heavy atom. The fourth-order valence-electron chi connectivity index (χ4n) is 1.92. The Bertz CT molecular complexity index is 568. The standard InChI is InChI=1S/C15H19NO3S/c1-10-6-7-20-15(10)16-9-12(17)11-4-5-13(18-2)14(8-11)19-3/h4-8,12,16-17H,9H2,1-3H3. The highest BCUT2D eigenvalue weighted by Gasteiger charge is 2.12. The molecule has 108 valence electrons. The Labute approximate surface area is 123 Å². The Kier molecular flexibility index (Phi) is 4.87. The molecule has 0 saturated carbocycles. The van der Waals surface area contributed by atoms with Crippen molar-refractivity contribution in [2.75, 3.05) is 26.1 Å². The second-order valence-corrected chi connectivity index (χ2v) is 5.36. The zero-order chi connectivity index (χ0) is 14.5. The molecule has 0 bridgehead atoms. The van der Waals surface area contributed by atoms with E-state index in [1.807, 2.05) is 18.4 Å². The predicted molar refractivity (Wildman–Crippen MR) is 82.1 cm³/mol. The third-order valence-corrected chi connectivity index (χ3v) is 4.08. The molecule has 0 aliphatic carbocycles. The summed E-state index contributed by atoms with van der Waals surface area (Å²) in [4.78, 5) is 0. The van der Waals surface area contributed by atoms with Crippen LogP contribution in [-0.4, -0.2) is 25.9 Å². The molecule has 0 radical (unpaired) electrons. The summed E-state index contributed by atoms with van der Waals surface area (Å²) in [6.45, 7) is 2.50. The Morgan fingerprint density at radius 1 is 1.20 bits per heavy atom. The number of ether oxygens (including phenoxy) is 2. The van der Waals surface area contributed by atoms with Gasteiger partial charge in [0.05, 0.1) is 25.3 Å². The minimum Gasteiger partial charge on any atom is -0.493 e. The number of methoxy groups -OCH3 is 2. The number of hydrogen-bond acceptors (Lipinski definition) is 5. The summed E-state index contributed by atoms with van der Waals surface area (Å²) >= 11 is 1.63. The first-order chi connectivity index (χ1) is 9.65. The highest BCUT2D eigenvalue weighted by Crippen LogP contribution is 2.30. The number of aliphatic hydroxyl groups excluding tert-OH is 1. The summed E-state index contributed by atoms with van der Waals surface area (Å²) in [5.74, 6) is 1.28. The van der Waals surface area contributed by atoms with Gasteiger partial charge in [-0.15, -0.1) is 11.3 Å². The van der Waals surface area contributed by atoms with Gasteiger partial charge in [-0.1, -0.05) is 6.07 Å². The number of nitrogens with one attached hydrogen (secondary N) is 1. The van der Waals surface area contributed by atoms with Crippen LogP contribution < -0.4 is 14.8 Å². The topological polar surface area (TPSA) is 50.7 Å². The summed E-state index contributed by atoms with van der Waals surface area (Å²) in [5, 5.41) is 16.6. The van der Waals surface area contributed by atoms with E-state index in [1.54, 1.807) is 37.7 Å². The predicted octanol–water partition coefficient (Wildman–Crippen LogP) is 3.22. The lowest BCUT2D eigenvalue weighted by Gasteiger charge is -2.15. The molecule has 0 aliphatic rings. The molecule has 0 spiro atoms. The normalized spacial score (nSPS) is 12.0. The fraction of sp³-hybridized carbons (Fsp3) is 0.333. The third kappa shape index (κ3) is 3.23. The van der Waals surface area contributed by atoms with Crippen LogP contribution in [0.15, 0.2) is 29.6 Å². The Balaban J connectivity index is 2.05. The number of aliphatic hydroxyl groups is 1. The van der Waals surface area contributed by atoms with Crippen molar-refractivity contribution in [3.63, 3.8) is 0 Å². The van der Waals surface area contributed by atoms with E-state index in [2.05, 4.69) is 11.4 Å². The summed E-state index contributed by atoms with van der Waals surface area (Å²) in [7, 11) is 3.18. The van der Waals surface area contributed by atoms with E-state index in [1.165, 1.54) is 5.56 Å². The van der Waals surface area contributed by atoms with Crippen LogP contribution in [0.3, 0.4) is 0 Å². The number of hydrogen-bond donors (Lipinski definition) is 2. The molecular weight excluding hydrogens is 274 g/mol. The molecule has 0 saturated heterocycles. The molecule has 1 unspecified atom stereocenters.